The molecule has 3 unspecified atom stereocenters. The van der Waals surface area contributed by atoms with Gasteiger partial charge in [-0.25, -0.2) is 0 Å². The Bertz CT molecular complexity index is 307. The van der Waals surface area contributed by atoms with Crippen LogP contribution in [0.25, 0.3) is 0 Å². The van der Waals surface area contributed by atoms with Crippen LogP contribution < -0.4 is 5.73 Å². The van der Waals surface area contributed by atoms with Crippen LogP contribution in [0.1, 0.15) is 59.8 Å². The molecular formula is C16H32N2O. The van der Waals surface area contributed by atoms with Crippen molar-refractivity contribution in [3.63, 3.8) is 0 Å². The highest BCUT2D eigenvalue weighted by molar-refractivity contribution is 5.04. The molecule has 2 aliphatic heterocycles. The topological polar surface area (TPSA) is 38.5 Å². The molecule has 2 saturated heterocycles. The fourth-order valence-electron chi connectivity index (χ4n) is 4.16. The summed E-state index contributed by atoms with van der Waals surface area (Å²) >= 11 is 0. The number of rotatable bonds is 4. The standard InChI is InChI=1S/C16H32N2O/c1-5-15(4)11-16(12-17,8-10-19-15)18-9-6-7-14(18)13(2)3/h13-14H,5-12,17H2,1-4H3. The third kappa shape index (κ3) is 2.84. The molecule has 19 heavy (non-hydrogen) atoms. The first-order valence-corrected chi connectivity index (χ1v) is 8.07. The van der Waals surface area contributed by atoms with Gasteiger partial charge in [-0.05, 0) is 51.5 Å². The van der Waals surface area contributed by atoms with E-state index in [1.807, 2.05) is 0 Å². The maximum absolute atomic E-state index is 6.26. The Morgan fingerprint density at radius 3 is 2.74 bits per heavy atom. The van der Waals surface area contributed by atoms with Crippen molar-refractivity contribution in [1.82, 2.24) is 4.90 Å². The number of hydrogen-bond acceptors (Lipinski definition) is 3. The molecule has 0 radical (unpaired) electrons. The molecule has 3 atom stereocenters. The van der Waals surface area contributed by atoms with Gasteiger partial charge in [-0.15, -0.1) is 0 Å². The molecule has 0 spiro atoms. The van der Waals surface area contributed by atoms with Crippen LogP contribution in [0.5, 0.6) is 0 Å². The highest BCUT2D eigenvalue weighted by Crippen LogP contribution is 2.42. The Hall–Kier alpha value is -0.120. The summed E-state index contributed by atoms with van der Waals surface area (Å²) in [4.78, 5) is 2.74. The lowest BCUT2D eigenvalue weighted by Gasteiger charge is -2.52. The van der Waals surface area contributed by atoms with Gasteiger partial charge in [0.05, 0.1) is 5.60 Å². The lowest BCUT2D eigenvalue weighted by atomic mass is 9.77. The highest BCUT2D eigenvalue weighted by Gasteiger charge is 2.48. The largest absolute Gasteiger partial charge is 0.375 e. The van der Waals surface area contributed by atoms with Gasteiger partial charge >= 0.3 is 0 Å². The number of hydrogen-bond donors (Lipinski definition) is 1. The molecule has 0 aliphatic carbocycles. The number of nitrogens with two attached hydrogens (primary N) is 1. The molecule has 0 aromatic rings. The van der Waals surface area contributed by atoms with Crippen LogP contribution in [0, 0.1) is 5.92 Å². The molecule has 112 valence electrons. The predicted octanol–water partition coefficient (Wildman–Crippen LogP) is 2.78. The van der Waals surface area contributed by atoms with Crippen LogP contribution in [-0.2, 0) is 4.74 Å². The SMILES string of the molecule is CCC1(C)CC(CN)(N2CCCC2C(C)C)CCO1. The number of likely N-dealkylation sites (tertiary alicyclic amines) is 1. The lowest BCUT2D eigenvalue weighted by molar-refractivity contribution is -0.134. The number of nitrogens with zero attached hydrogens (tertiary/aromatic N) is 1. The van der Waals surface area contributed by atoms with E-state index in [9.17, 15) is 0 Å². The van der Waals surface area contributed by atoms with Crippen molar-refractivity contribution in [3.8, 4) is 0 Å². The van der Waals surface area contributed by atoms with Crippen molar-refractivity contribution >= 4 is 0 Å². The molecule has 2 fully saturated rings. The second-order valence-corrected chi connectivity index (χ2v) is 7.15. The molecule has 2 aliphatic rings. The normalized spacial score (nSPS) is 41.1. The fraction of sp³-hybridized carbons (Fsp3) is 1.00. The summed E-state index contributed by atoms with van der Waals surface area (Å²) in [5.41, 5.74) is 6.45. The lowest BCUT2D eigenvalue weighted by Crippen LogP contribution is -2.62. The van der Waals surface area contributed by atoms with Crippen molar-refractivity contribution in [2.24, 2.45) is 11.7 Å². The van der Waals surface area contributed by atoms with E-state index >= 15 is 0 Å². The van der Waals surface area contributed by atoms with Crippen LogP contribution in [0.3, 0.4) is 0 Å². The fourth-order valence-corrected chi connectivity index (χ4v) is 4.16. The van der Waals surface area contributed by atoms with Crippen molar-refractivity contribution in [1.29, 1.82) is 0 Å². The van der Waals surface area contributed by atoms with E-state index in [2.05, 4.69) is 32.6 Å². The zero-order valence-corrected chi connectivity index (χ0v) is 13.2. The van der Waals surface area contributed by atoms with E-state index < -0.39 is 0 Å². The third-order valence-corrected chi connectivity index (χ3v) is 5.53. The molecule has 0 saturated carbocycles. The van der Waals surface area contributed by atoms with Gasteiger partial charge in [-0.1, -0.05) is 20.8 Å². The highest BCUT2D eigenvalue weighted by atomic mass is 16.5. The summed E-state index contributed by atoms with van der Waals surface area (Å²) in [7, 11) is 0. The summed E-state index contributed by atoms with van der Waals surface area (Å²) in [6, 6.07) is 0.711. The molecule has 0 amide bonds. The van der Waals surface area contributed by atoms with E-state index in [1.165, 1.54) is 19.4 Å². The van der Waals surface area contributed by atoms with Gasteiger partial charge in [0.2, 0.25) is 0 Å². The Morgan fingerprint density at radius 1 is 1.42 bits per heavy atom. The summed E-state index contributed by atoms with van der Waals surface area (Å²) in [5, 5.41) is 0. The van der Waals surface area contributed by atoms with Gasteiger partial charge in [-0.3, -0.25) is 4.90 Å². The van der Waals surface area contributed by atoms with Crippen molar-refractivity contribution in [2.45, 2.75) is 77.0 Å². The zero-order valence-electron chi connectivity index (χ0n) is 13.2. The maximum Gasteiger partial charge on any atom is 0.0670 e. The van der Waals surface area contributed by atoms with Crippen LogP contribution in [0.4, 0.5) is 0 Å². The van der Waals surface area contributed by atoms with E-state index in [-0.39, 0.29) is 11.1 Å². The van der Waals surface area contributed by atoms with E-state index in [0.29, 0.717) is 6.04 Å². The summed E-state index contributed by atoms with van der Waals surface area (Å²) in [6.45, 7) is 12.1. The first-order valence-electron chi connectivity index (χ1n) is 8.07. The Morgan fingerprint density at radius 2 is 2.16 bits per heavy atom. The Balaban J connectivity index is 2.22. The smallest absolute Gasteiger partial charge is 0.0670 e. The molecule has 2 heterocycles. The molecule has 0 aromatic carbocycles. The van der Waals surface area contributed by atoms with Crippen molar-refractivity contribution in [2.75, 3.05) is 19.7 Å². The van der Waals surface area contributed by atoms with E-state index in [4.69, 9.17) is 10.5 Å². The van der Waals surface area contributed by atoms with Crippen molar-refractivity contribution in [3.05, 3.63) is 0 Å². The minimum absolute atomic E-state index is 0.0156. The molecular weight excluding hydrogens is 236 g/mol. The van der Waals surface area contributed by atoms with Crippen LogP contribution in [0.15, 0.2) is 0 Å². The van der Waals surface area contributed by atoms with Crippen molar-refractivity contribution < 1.29 is 4.74 Å². The average molecular weight is 268 g/mol. The van der Waals surface area contributed by atoms with Gasteiger partial charge in [0.15, 0.2) is 0 Å². The Kier molecular flexibility index (Phi) is 4.59. The molecule has 3 nitrogen and oxygen atoms in total. The zero-order chi connectivity index (χ0) is 14.1. The summed E-state index contributed by atoms with van der Waals surface area (Å²) < 4.78 is 6.04. The molecule has 2 N–H and O–H groups in total. The van der Waals surface area contributed by atoms with Crippen LogP contribution >= 0.6 is 0 Å². The molecule has 2 rings (SSSR count). The first kappa shape index (κ1) is 15.3. The van der Waals surface area contributed by atoms with Gasteiger partial charge < -0.3 is 10.5 Å². The van der Waals surface area contributed by atoms with Gasteiger partial charge in [0.25, 0.3) is 0 Å². The van der Waals surface area contributed by atoms with Gasteiger partial charge in [0.1, 0.15) is 0 Å². The maximum atomic E-state index is 6.26. The first-order chi connectivity index (χ1) is 8.96. The molecule has 0 bridgehead atoms. The minimum atomic E-state index is 0.0156. The second-order valence-electron chi connectivity index (χ2n) is 7.15. The second kappa shape index (κ2) is 5.71. The van der Waals surface area contributed by atoms with E-state index in [1.54, 1.807) is 0 Å². The van der Waals surface area contributed by atoms with Gasteiger partial charge in [-0.2, -0.15) is 0 Å². The summed E-state index contributed by atoms with van der Waals surface area (Å²) in [5.74, 6) is 0.724. The van der Waals surface area contributed by atoms with Crippen LogP contribution in [-0.4, -0.2) is 41.8 Å². The third-order valence-electron chi connectivity index (χ3n) is 5.53. The monoisotopic (exact) mass is 268 g/mol. The summed E-state index contributed by atoms with van der Waals surface area (Å²) in [6.07, 6.45) is 5.94. The number of ether oxygens (including phenoxy) is 1. The predicted molar refractivity (Wildman–Crippen MR) is 80.2 cm³/mol. The molecule has 3 heteroatoms. The molecule has 0 aromatic heterocycles. The van der Waals surface area contributed by atoms with Crippen LogP contribution in [0.2, 0.25) is 0 Å². The average Bonchev–Trinajstić information content (AvgIpc) is 2.88. The van der Waals surface area contributed by atoms with Gasteiger partial charge in [0, 0.05) is 24.7 Å². The quantitative estimate of drug-likeness (QED) is 0.852. The minimum Gasteiger partial charge on any atom is -0.375 e. The van der Waals surface area contributed by atoms with E-state index in [0.717, 1.165) is 38.3 Å². The Labute approximate surface area is 118 Å².